The first-order valence-corrected chi connectivity index (χ1v) is 12.5. The predicted octanol–water partition coefficient (Wildman–Crippen LogP) is 3.77. The number of nitrogens with one attached hydrogen (secondary N) is 3. The van der Waals surface area contributed by atoms with E-state index in [0.29, 0.717) is 18.5 Å². The van der Waals surface area contributed by atoms with Crippen molar-refractivity contribution in [2.75, 3.05) is 6.54 Å². The Morgan fingerprint density at radius 2 is 1.85 bits per heavy atom. The van der Waals surface area contributed by atoms with Crippen LogP contribution < -0.4 is 10.6 Å². The number of halogens is 2. The van der Waals surface area contributed by atoms with E-state index in [4.69, 9.17) is 0 Å². The lowest BCUT2D eigenvalue weighted by atomic mass is 9.84. The zero-order chi connectivity index (χ0) is 21.6. The van der Waals surface area contributed by atoms with Crippen molar-refractivity contribution >= 4 is 36.6 Å². The van der Waals surface area contributed by atoms with Crippen LogP contribution in [0.25, 0.3) is 0 Å². The normalized spacial score (nSPS) is 26.0. The molecule has 2 amide bonds. The van der Waals surface area contributed by atoms with Crippen LogP contribution in [0.4, 0.5) is 0 Å². The van der Waals surface area contributed by atoms with Gasteiger partial charge < -0.3 is 20.5 Å². The number of fused-ring (bicyclic) bond motifs is 1. The first kappa shape index (κ1) is 27.9. The summed E-state index contributed by atoms with van der Waals surface area (Å²) < 4.78 is 0. The summed E-state index contributed by atoms with van der Waals surface area (Å²) in [5.41, 5.74) is 1.08. The number of nitrogens with zero attached hydrogens (tertiary/aromatic N) is 2. The molecule has 1 saturated heterocycles. The van der Waals surface area contributed by atoms with Crippen LogP contribution >= 0.6 is 24.8 Å². The zero-order valence-corrected chi connectivity index (χ0v) is 21.4. The van der Waals surface area contributed by atoms with Crippen molar-refractivity contribution in [2.24, 2.45) is 5.92 Å². The molecule has 0 aromatic carbocycles. The molecule has 1 aliphatic heterocycles. The molecule has 2 aliphatic carbocycles. The molecule has 4 rings (SSSR count). The lowest BCUT2D eigenvalue weighted by molar-refractivity contribution is -0.142. The van der Waals surface area contributed by atoms with Gasteiger partial charge in [-0.05, 0) is 57.8 Å². The molecular weight excluding hydrogens is 461 g/mol. The molecule has 2 saturated carbocycles. The Kier molecular flexibility index (Phi) is 11.5. The number of likely N-dealkylation sites (tertiary alicyclic amines) is 1. The molecule has 3 aliphatic rings. The molecule has 188 valence electrons. The van der Waals surface area contributed by atoms with E-state index in [9.17, 15) is 9.59 Å². The Morgan fingerprint density at radius 1 is 1.12 bits per heavy atom. The van der Waals surface area contributed by atoms with Crippen molar-refractivity contribution in [3.63, 3.8) is 0 Å². The monoisotopic (exact) mass is 501 g/mol. The third-order valence-electron chi connectivity index (χ3n) is 7.58. The smallest absolute Gasteiger partial charge is 0.242 e. The van der Waals surface area contributed by atoms with Gasteiger partial charge in [0.05, 0.1) is 12.4 Å². The summed E-state index contributed by atoms with van der Waals surface area (Å²) in [6.45, 7) is 2.62. The molecule has 0 radical (unpaired) electrons. The van der Waals surface area contributed by atoms with E-state index >= 15 is 0 Å². The lowest BCUT2D eigenvalue weighted by Crippen LogP contribution is -2.56. The largest absolute Gasteiger partial charge is 0.354 e. The summed E-state index contributed by atoms with van der Waals surface area (Å²) in [6.07, 6.45) is 16.7. The second kappa shape index (κ2) is 13.5. The third-order valence-corrected chi connectivity index (χ3v) is 7.58. The molecule has 3 N–H and O–H groups in total. The number of hydrogen-bond donors (Lipinski definition) is 3. The Bertz CT molecular complexity index is 726. The molecule has 2 heterocycles. The summed E-state index contributed by atoms with van der Waals surface area (Å²) in [5.74, 6) is 0.620. The average molecular weight is 503 g/mol. The Morgan fingerprint density at radius 3 is 2.58 bits per heavy atom. The molecule has 1 aromatic rings. The molecule has 0 unspecified atom stereocenters. The van der Waals surface area contributed by atoms with Gasteiger partial charge in [0.25, 0.3) is 0 Å². The van der Waals surface area contributed by atoms with Gasteiger partial charge in [0.15, 0.2) is 0 Å². The van der Waals surface area contributed by atoms with E-state index in [0.717, 1.165) is 57.1 Å². The molecule has 0 spiro atoms. The Balaban J connectivity index is 0.00000193. The van der Waals surface area contributed by atoms with Crippen molar-refractivity contribution in [2.45, 2.75) is 108 Å². The molecule has 33 heavy (non-hydrogen) atoms. The van der Waals surface area contributed by atoms with Crippen molar-refractivity contribution < 1.29 is 9.59 Å². The van der Waals surface area contributed by atoms with Crippen LogP contribution in [0, 0.1) is 5.92 Å². The van der Waals surface area contributed by atoms with Crippen LogP contribution in [-0.4, -0.2) is 57.4 Å². The van der Waals surface area contributed by atoms with Crippen LogP contribution in [0.2, 0.25) is 0 Å². The number of hydrogen-bond acceptors (Lipinski definition) is 4. The highest BCUT2D eigenvalue weighted by Gasteiger charge is 2.48. The van der Waals surface area contributed by atoms with E-state index in [2.05, 4.69) is 20.6 Å². The fraction of sp³-hybridized carbons (Fsp3) is 0.792. The first-order valence-electron chi connectivity index (χ1n) is 12.5. The molecule has 1 aromatic heterocycles. The second-order valence-corrected chi connectivity index (χ2v) is 9.80. The summed E-state index contributed by atoms with van der Waals surface area (Å²) in [6, 6.07) is 0.132. The highest BCUT2D eigenvalue weighted by atomic mass is 35.5. The van der Waals surface area contributed by atoms with Gasteiger partial charge in [-0.15, -0.1) is 24.8 Å². The fourth-order valence-electron chi connectivity index (χ4n) is 5.96. The number of H-pyrrole nitrogens is 1. The van der Waals surface area contributed by atoms with Crippen LogP contribution in [0.15, 0.2) is 12.5 Å². The minimum atomic E-state index is -0.316. The summed E-state index contributed by atoms with van der Waals surface area (Å²) in [4.78, 5) is 35.8. The molecule has 4 atom stereocenters. The van der Waals surface area contributed by atoms with Crippen molar-refractivity contribution in [1.29, 1.82) is 0 Å². The van der Waals surface area contributed by atoms with E-state index < -0.39 is 0 Å². The first-order chi connectivity index (χ1) is 15.1. The number of aryl methyl sites for hydroxylation is 1. The highest BCUT2D eigenvalue weighted by Crippen LogP contribution is 2.40. The molecule has 3 fully saturated rings. The van der Waals surface area contributed by atoms with Gasteiger partial charge in [-0.2, -0.15) is 0 Å². The van der Waals surface area contributed by atoms with Crippen LogP contribution in [0.3, 0.4) is 0 Å². The summed E-state index contributed by atoms with van der Waals surface area (Å²) >= 11 is 0. The number of carbonyl (C=O) groups is 2. The van der Waals surface area contributed by atoms with Gasteiger partial charge in [0.1, 0.15) is 6.04 Å². The number of carbonyl (C=O) groups excluding carboxylic acids is 2. The van der Waals surface area contributed by atoms with Gasteiger partial charge in [0.2, 0.25) is 11.8 Å². The quantitative estimate of drug-likeness (QED) is 0.472. The average Bonchev–Trinajstić information content (AvgIpc) is 3.44. The van der Waals surface area contributed by atoms with Crippen molar-refractivity contribution in [3.05, 3.63) is 18.2 Å². The molecule has 7 nitrogen and oxygen atoms in total. The topological polar surface area (TPSA) is 90.1 Å². The SMILES string of the molecule is C[C@H](NC1CCCCC1)C(=O)N1[C@H](C(=O)NCCCc2cnc[nH]2)C[C@@H]2CCCC[C@@H]21.Cl.Cl. The van der Waals surface area contributed by atoms with Crippen LogP contribution in [0.5, 0.6) is 0 Å². The number of imidazole rings is 1. The number of aromatic amines is 1. The molecular formula is C24H41Cl2N5O2. The van der Waals surface area contributed by atoms with Crippen LogP contribution in [-0.2, 0) is 16.0 Å². The van der Waals surface area contributed by atoms with Gasteiger partial charge in [-0.3, -0.25) is 9.59 Å². The zero-order valence-electron chi connectivity index (χ0n) is 19.8. The highest BCUT2D eigenvalue weighted by molar-refractivity contribution is 5.90. The third kappa shape index (κ3) is 7.09. The van der Waals surface area contributed by atoms with E-state index in [1.165, 1.54) is 25.7 Å². The van der Waals surface area contributed by atoms with E-state index in [1.54, 1.807) is 6.33 Å². The van der Waals surface area contributed by atoms with Crippen LogP contribution in [0.1, 0.15) is 83.2 Å². The Hall–Kier alpha value is -1.31. The number of rotatable bonds is 8. The molecule has 0 bridgehead atoms. The predicted molar refractivity (Wildman–Crippen MR) is 135 cm³/mol. The van der Waals surface area contributed by atoms with Gasteiger partial charge >= 0.3 is 0 Å². The Labute approximate surface area is 210 Å². The maximum Gasteiger partial charge on any atom is 0.242 e. The minimum Gasteiger partial charge on any atom is -0.354 e. The van der Waals surface area contributed by atoms with Gasteiger partial charge in [-0.1, -0.05) is 32.1 Å². The maximum atomic E-state index is 13.5. The van der Waals surface area contributed by atoms with Crippen molar-refractivity contribution in [1.82, 2.24) is 25.5 Å². The summed E-state index contributed by atoms with van der Waals surface area (Å²) in [5, 5.41) is 6.70. The number of aromatic nitrogens is 2. The molecule has 9 heteroatoms. The lowest BCUT2D eigenvalue weighted by Gasteiger charge is -2.36. The maximum absolute atomic E-state index is 13.5. The number of amides is 2. The second-order valence-electron chi connectivity index (χ2n) is 9.80. The summed E-state index contributed by atoms with van der Waals surface area (Å²) in [7, 11) is 0. The minimum absolute atomic E-state index is 0. The van der Waals surface area contributed by atoms with E-state index in [1.807, 2.05) is 18.0 Å². The van der Waals surface area contributed by atoms with Gasteiger partial charge in [-0.25, -0.2) is 4.98 Å². The fourth-order valence-corrected chi connectivity index (χ4v) is 5.96. The van der Waals surface area contributed by atoms with Crippen molar-refractivity contribution in [3.8, 4) is 0 Å². The standard InChI is InChI=1S/C24H39N5O2.2ClH/c1-17(28-19-9-3-2-4-10-19)24(31)29-21-12-6-5-8-18(21)14-22(29)23(30)26-13-7-11-20-15-25-16-27-20;;/h15-19,21-22,28H,2-14H2,1H3,(H,25,27)(H,26,30);2*1H/t17-,18-,21-,22-;;/m0../s1. The van der Waals surface area contributed by atoms with Gasteiger partial charge in [0, 0.05) is 30.5 Å². The van der Waals surface area contributed by atoms with E-state index in [-0.39, 0.29) is 54.8 Å².